The Kier molecular flexibility index (Phi) is 5.41. The molecule has 2 aromatic heterocycles. The first-order valence-electron chi connectivity index (χ1n) is 7.26. The highest BCUT2D eigenvalue weighted by Crippen LogP contribution is 2.35. The number of hydrogen-bond acceptors (Lipinski definition) is 4. The molecule has 3 rings (SSSR count). The predicted octanol–water partition coefficient (Wildman–Crippen LogP) is 5.46. The monoisotopic (exact) mass is 407 g/mol. The molecule has 132 valence electrons. The number of pyridine rings is 1. The van der Waals surface area contributed by atoms with Crippen molar-refractivity contribution in [3.05, 3.63) is 63.7 Å². The molecule has 0 aliphatic rings. The Morgan fingerprint density at radius 1 is 1.00 bits per heavy atom. The van der Waals surface area contributed by atoms with Gasteiger partial charge in [0.1, 0.15) is 15.2 Å². The van der Waals surface area contributed by atoms with E-state index < -0.39 is 12.0 Å². The van der Waals surface area contributed by atoms with Crippen LogP contribution in [0.3, 0.4) is 0 Å². The molecule has 0 atom stereocenters. The maximum atomic E-state index is 12.2. The van der Waals surface area contributed by atoms with Crippen molar-refractivity contribution in [1.29, 1.82) is 0 Å². The number of halogens is 2. The number of nitrogens with one attached hydrogen (secondary N) is 2. The van der Waals surface area contributed by atoms with Crippen molar-refractivity contribution in [3.8, 4) is 10.4 Å². The van der Waals surface area contributed by atoms with Crippen LogP contribution >= 0.6 is 34.5 Å². The number of carboxylic acid groups (broad SMARTS) is 1. The van der Waals surface area contributed by atoms with Crippen molar-refractivity contribution in [3.63, 3.8) is 0 Å². The van der Waals surface area contributed by atoms with E-state index in [1.54, 1.807) is 6.07 Å². The number of nitrogens with zero attached hydrogens (tertiary/aromatic N) is 1. The number of rotatable bonds is 4. The summed E-state index contributed by atoms with van der Waals surface area (Å²) >= 11 is 12.7. The summed E-state index contributed by atoms with van der Waals surface area (Å²) in [6.07, 6.45) is 0. The van der Waals surface area contributed by atoms with Gasteiger partial charge in [0.2, 0.25) is 0 Å². The van der Waals surface area contributed by atoms with E-state index >= 15 is 0 Å². The molecule has 0 aliphatic carbocycles. The summed E-state index contributed by atoms with van der Waals surface area (Å²) in [6.45, 7) is 0. The zero-order valence-corrected chi connectivity index (χ0v) is 15.3. The van der Waals surface area contributed by atoms with Gasteiger partial charge >= 0.3 is 12.0 Å². The number of benzene rings is 1. The SMILES string of the molecule is O=C(Nc1cc(Cl)nc(Cl)c1)Nc1cc(-c2ccccc2)sc1C(=O)O. The summed E-state index contributed by atoms with van der Waals surface area (Å²) in [5, 5.41) is 14.7. The number of thiophene rings is 1. The number of urea groups is 1. The molecule has 0 aliphatic heterocycles. The van der Waals surface area contributed by atoms with Crippen LogP contribution in [0.5, 0.6) is 0 Å². The van der Waals surface area contributed by atoms with Gasteiger partial charge in [0.25, 0.3) is 0 Å². The molecule has 0 bridgehead atoms. The van der Waals surface area contributed by atoms with E-state index in [0.29, 0.717) is 5.69 Å². The second-order valence-corrected chi connectivity index (χ2v) is 6.93. The summed E-state index contributed by atoms with van der Waals surface area (Å²) in [5.74, 6) is -1.12. The van der Waals surface area contributed by atoms with Crippen LogP contribution in [0.4, 0.5) is 16.2 Å². The standard InChI is InChI=1S/C17H11Cl2N3O3S/c18-13-6-10(7-14(19)22-13)20-17(25)21-11-8-12(26-15(11)16(23)24)9-4-2-1-3-5-9/h1-8H,(H,23,24)(H2,20,21,22,25). The lowest BCUT2D eigenvalue weighted by molar-refractivity contribution is 0.0703. The average Bonchev–Trinajstić information content (AvgIpc) is 2.98. The van der Waals surface area contributed by atoms with Crippen molar-refractivity contribution in [1.82, 2.24) is 4.98 Å². The van der Waals surface area contributed by atoms with E-state index in [1.165, 1.54) is 12.1 Å². The Balaban J connectivity index is 1.83. The van der Waals surface area contributed by atoms with Crippen LogP contribution in [0.15, 0.2) is 48.5 Å². The average molecular weight is 408 g/mol. The normalized spacial score (nSPS) is 10.4. The van der Waals surface area contributed by atoms with Crippen LogP contribution in [-0.2, 0) is 0 Å². The van der Waals surface area contributed by atoms with Gasteiger partial charge in [0.05, 0.1) is 5.69 Å². The van der Waals surface area contributed by atoms with E-state index in [9.17, 15) is 14.7 Å². The summed E-state index contributed by atoms with van der Waals surface area (Å²) in [4.78, 5) is 28.2. The van der Waals surface area contributed by atoms with Gasteiger partial charge in [0.15, 0.2) is 0 Å². The minimum Gasteiger partial charge on any atom is -0.477 e. The molecule has 0 saturated heterocycles. The topological polar surface area (TPSA) is 91.3 Å². The summed E-state index contributed by atoms with van der Waals surface area (Å²) in [5.41, 5.74) is 1.40. The molecule has 9 heteroatoms. The fourth-order valence-electron chi connectivity index (χ4n) is 2.21. The first-order chi connectivity index (χ1) is 12.4. The Morgan fingerprint density at radius 3 is 2.27 bits per heavy atom. The van der Waals surface area contributed by atoms with Gasteiger partial charge in [-0.2, -0.15) is 0 Å². The molecule has 0 spiro atoms. The zero-order chi connectivity index (χ0) is 18.7. The molecule has 0 radical (unpaired) electrons. The molecular formula is C17H11Cl2N3O3S. The molecule has 2 amide bonds. The van der Waals surface area contributed by atoms with Crippen LogP contribution in [-0.4, -0.2) is 22.1 Å². The summed E-state index contributed by atoms with van der Waals surface area (Å²) in [6, 6.07) is 13.1. The Labute approximate surface area is 162 Å². The molecule has 2 heterocycles. The third-order valence-electron chi connectivity index (χ3n) is 3.25. The molecule has 3 N–H and O–H groups in total. The number of aromatic carboxylic acids is 1. The lowest BCUT2D eigenvalue weighted by Crippen LogP contribution is -2.20. The number of hydrogen-bond donors (Lipinski definition) is 3. The van der Waals surface area contributed by atoms with Crippen LogP contribution < -0.4 is 10.6 Å². The van der Waals surface area contributed by atoms with E-state index in [4.69, 9.17) is 23.2 Å². The Hall–Kier alpha value is -2.61. The molecule has 0 saturated carbocycles. The minimum atomic E-state index is -1.12. The fraction of sp³-hybridized carbons (Fsp3) is 0. The predicted molar refractivity (Wildman–Crippen MR) is 104 cm³/mol. The van der Waals surface area contributed by atoms with Gasteiger partial charge in [-0.3, -0.25) is 0 Å². The van der Waals surface area contributed by atoms with Crippen LogP contribution in [0.25, 0.3) is 10.4 Å². The smallest absolute Gasteiger partial charge is 0.348 e. The van der Waals surface area contributed by atoms with Crippen molar-refractivity contribution in [2.24, 2.45) is 0 Å². The highest BCUT2D eigenvalue weighted by Gasteiger charge is 2.18. The quantitative estimate of drug-likeness (QED) is 0.500. The lowest BCUT2D eigenvalue weighted by Gasteiger charge is -2.07. The van der Waals surface area contributed by atoms with Gasteiger partial charge in [-0.1, -0.05) is 53.5 Å². The van der Waals surface area contributed by atoms with Gasteiger partial charge in [-0.05, 0) is 23.8 Å². The van der Waals surface area contributed by atoms with Crippen molar-refractivity contribution in [2.45, 2.75) is 0 Å². The minimum absolute atomic E-state index is 0.0322. The summed E-state index contributed by atoms with van der Waals surface area (Å²) in [7, 11) is 0. The molecule has 0 unspecified atom stereocenters. The van der Waals surface area contributed by atoms with Gasteiger partial charge in [0, 0.05) is 10.6 Å². The first-order valence-corrected chi connectivity index (χ1v) is 8.83. The van der Waals surface area contributed by atoms with Crippen LogP contribution in [0.1, 0.15) is 9.67 Å². The third-order valence-corrected chi connectivity index (χ3v) is 4.81. The number of anilines is 2. The molecule has 1 aromatic carbocycles. The maximum Gasteiger partial charge on any atom is 0.348 e. The van der Waals surface area contributed by atoms with Crippen molar-refractivity contribution in [2.75, 3.05) is 10.6 Å². The Morgan fingerprint density at radius 2 is 1.65 bits per heavy atom. The first kappa shape index (κ1) is 18.2. The Bertz CT molecular complexity index is 956. The maximum absolute atomic E-state index is 12.2. The second kappa shape index (κ2) is 7.74. The van der Waals surface area contributed by atoms with Gasteiger partial charge in [-0.15, -0.1) is 11.3 Å². The van der Waals surface area contributed by atoms with Gasteiger partial charge in [-0.25, -0.2) is 14.6 Å². The number of aromatic nitrogens is 1. The van der Waals surface area contributed by atoms with E-state index in [2.05, 4.69) is 15.6 Å². The molecule has 0 fully saturated rings. The summed E-state index contributed by atoms with van der Waals surface area (Å²) < 4.78 is 0. The lowest BCUT2D eigenvalue weighted by atomic mass is 10.2. The third kappa shape index (κ3) is 4.32. The van der Waals surface area contributed by atoms with Crippen LogP contribution in [0.2, 0.25) is 10.3 Å². The highest BCUT2D eigenvalue weighted by molar-refractivity contribution is 7.18. The second-order valence-electron chi connectivity index (χ2n) is 5.11. The number of carbonyl (C=O) groups excluding carboxylic acids is 1. The van der Waals surface area contributed by atoms with E-state index in [0.717, 1.165) is 21.8 Å². The van der Waals surface area contributed by atoms with Gasteiger partial charge < -0.3 is 15.7 Å². The fourth-order valence-corrected chi connectivity index (χ4v) is 3.63. The van der Waals surface area contributed by atoms with Crippen LogP contribution in [0, 0.1) is 0 Å². The van der Waals surface area contributed by atoms with Crippen molar-refractivity contribution < 1.29 is 14.7 Å². The number of amides is 2. The number of carbonyl (C=O) groups is 2. The highest BCUT2D eigenvalue weighted by atomic mass is 35.5. The van der Waals surface area contributed by atoms with E-state index in [-0.39, 0.29) is 20.9 Å². The molecule has 3 aromatic rings. The molecule has 26 heavy (non-hydrogen) atoms. The van der Waals surface area contributed by atoms with Crippen molar-refractivity contribution >= 4 is 57.9 Å². The molecular weight excluding hydrogens is 397 g/mol. The van der Waals surface area contributed by atoms with E-state index in [1.807, 2.05) is 30.3 Å². The largest absolute Gasteiger partial charge is 0.477 e. The molecule has 6 nitrogen and oxygen atoms in total. The zero-order valence-electron chi connectivity index (χ0n) is 13.0. The number of carboxylic acids is 1.